The Hall–Kier alpha value is -0.980. The lowest BCUT2D eigenvalue weighted by atomic mass is 9.98. The zero-order chi connectivity index (χ0) is 11.3. The van der Waals surface area contributed by atoms with Crippen LogP contribution in [0.15, 0.2) is 6.20 Å². The van der Waals surface area contributed by atoms with Crippen LogP contribution in [0.2, 0.25) is 0 Å². The van der Waals surface area contributed by atoms with E-state index in [9.17, 15) is 0 Å². The lowest BCUT2D eigenvalue weighted by Gasteiger charge is -2.15. The van der Waals surface area contributed by atoms with E-state index in [4.69, 9.17) is 0 Å². The number of halogens is 1. The Kier molecular flexibility index (Phi) is 2.24. The molecule has 1 aliphatic rings. The molecule has 4 nitrogen and oxygen atoms in total. The summed E-state index contributed by atoms with van der Waals surface area (Å²) in [5, 5.41) is 0. The highest BCUT2D eigenvalue weighted by atomic mass is 127. The molecule has 0 N–H and O–H groups in total. The maximum Gasteiger partial charge on any atom is 0.191 e. The van der Waals surface area contributed by atoms with E-state index < -0.39 is 0 Å². The maximum absolute atomic E-state index is 4.58. The van der Waals surface area contributed by atoms with Gasteiger partial charge < -0.3 is 4.57 Å². The highest BCUT2D eigenvalue weighted by Crippen LogP contribution is 2.31. The van der Waals surface area contributed by atoms with Crippen molar-refractivity contribution in [2.24, 2.45) is 7.05 Å². The third-order valence-corrected chi connectivity index (χ3v) is 3.60. The van der Waals surface area contributed by atoms with Gasteiger partial charge in [-0.05, 0) is 25.3 Å². The molecule has 0 fully saturated rings. The van der Waals surface area contributed by atoms with Gasteiger partial charge in [-0.1, -0.05) is 0 Å². The predicted octanol–water partition coefficient (Wildman–Crippen LogP) is 1.89. The van der Waals surface area contributed by atoms with Gasteiger partial charge >= 0.3 is 0 Å². The Morgan fingerprint density at radius 2 is 2.12 bits per heavy atom. The molecule has 0 aliphatic heterocycles. The van der Waals surface area contributed by atoms with Crippen molar-refractivity contribution in [3.63, 3.8) is 0 Å². The topological polar surface area (TPSA) is 43.6 Å². The van der Waals surface area contributed by atoms with Gasteiger partial charge in [0, 0.05) is 35.8 Å². The van der Waals surface area contributed by atoms with Gasteiger partial charge in [0.25, 0.3) is 0 Å². The van der Waals surface area contributed by atoms with Crippen molar-refractivity contribution in [1.82, 2.24) is 19.5 Å². The molecule has 0 amide bonds. The fourth-order valence-electron chi connectivity index (χ4n) is 2.17. The van der Waals surface area contributed by atoms with E-state index in [1.165, 1.54) is 17.0 Å². The van der Waals surface area contributed by atoms with E-state index >= 15 is 0 Å². The zero-order valence-corrected chi connectivity index (χ0v) is 11.3. The molecule has 0 radical (unpaired) electrons. The first-order chi connectivity index (χ1) is 7.66. The summed E-state index contributed by atoms with van der Waals surface area (Å²) in [6.45, 7) is 2.03. The summed E-state index contributed by atoms with van der Waals surface area (Å²) in [6.07, 6.45) is 3.93. The summed E-state index contributed by atoms with van der Waals surface area (Å²) in [5.41, 5.74) is 4.63. The van der Waals surface area contributed by atoms with Crippen molar-refractivity contribution in [1.29, 1.82) is 0 Å². The van der Waals surface area contributed by atoms with Gasteiger partial charge in [-0.2, -0.15) is 0 Å². The number of fused-ring (bicyclic) bond motifs is 3. The standard InChI is InChI=1S/C11H11IN4/c1-6-14-8-4-3-7-5-13-11(12)15-9(7)10(8)16(6)2/h5H,3-4H2,1-2H3. The summed E-state index contributed by atoms with van der Waals surface area (Å²) in [6, 6.07) is 0. The van der Waals surface area contributed by atoms with Crippen molar-refractivity contribution in [2.45, 2.75) is 19.8 Å². The average Bonchev–Trinajstić information content (AvgIpc) is 2.55. The van der Waals surface area contributed by atoms with E-state index in [-0.39, 0.29) is 0 Å². The van der Waals surface area contributed by atoms with Crippen molar-refractivity contribution < 1.29 is 0 Å². The summed E-state index contributed by atoms with van der Waals surface area (Å²) in [4.78, 5) is 13.4. The summed E-state index contributed by atoms with van der Waals surface area (Å²) < 4.78 is 2.92. The van der Waals surface area contributed by atoms with Gasteiger partial charge in [0.2, 0.25) is 0 Å². The van der Waals surface area contributed by atoms with Crippen LogP contribution in [0.4, 0.5) is 0 Å². The fraction of sp³-hybridized carbons (Fsp3) is 0.364. The number of aryl methyl sites for hydroxylation is 3. The van der Waals surface area contributed by atoms with Gasteiger partial charge in [0.05, 0.1) is 17.1 Å². The van der Waals surface area contributed by atoms with Gasteiger partial charge in [-0.15, -0.1) is 0 Å². The van der Waals surface area contributed by atoms with Crippen molar-refractivity contribution >= 4 is 22.6 Å². The monoisotopic (exact) mass is 326 g/mol. The molecule has 16 heavy (non-hydrogen) atoms. The molecule has 0 atom stereocenters. The number of aromatic nitrogens is 4. The predicted molar refractivity (Wildman–Crippen MR) is 69.1 cm³/mol. The first kappa shape index (κ1) is 10.2. The number of hydrogen-bond acceptors (Lipinski definition) is 3. The summed E-state index contributed by atoms with van der Waals surface area (Å²) in [7, 11) is 2.05. The number of imidazole rings is 1. The van der Waals surface area contributed by atoms with Crippen LogP contribution in [-0.2, 0) is 19.9 Å². The first-order valence-electron chi connectivity index (χ1n) is 5.21. The second kappa shape index (κ2) is 3.51. The van der Waals surface area contributed by atoms with Gasteiger partial charge in [0.1, 0.15) is 5.82 Å². The highest BCUT2D eigenvalue weighted by Gasteiger charge is 2.23. The Labute approximate surface area is 107 Å². The number of hydrogen-bond donors (Lipinski definition) is 0. The van der Waals surface area contributed by atoms with Crippen LogP contribution in [-0.4, -0.2) is 19.5 Å². The molecule has 2 aromatic rings. The average molecular weight is 326 g/mol. The highest BCUT2D eigenvalue weighted by molar-refractivity contribution is 14.1. The molecule has 2 aromatic heterocycles. The minimum atomic E-state index is 0.794. The van der Waals surface area contributed by atoms with Crippen LogP contribution in [0.3, 0.4) is 0 Å². The second-order valence-corrected chi connectivity index (χ2v) is 4.99. The van der Waals surface area contributed by atoms with E-state index in [0.29, 0.717) is 0 Å². The van der Waals surface area contributed by atoms with Crippen molar-refractivity contribution in [2.75, 3.05) is 0 Å². The molecule has 0 spiro atoms. The van der Waals surface area contributed by atoms with Crippen molar-refractivity contribution in [3.8, 4) is 11.4 Å². The molecular formula is C11H11IN4. The van der Waals surface area contributed by atoms with Crippen LogP contribution >= 0.6 is 22.6 Å². The minimum absolute atomic E-state index is 0.794. The third kappa shape index (κ3) is 1.37. The maximum atomic E-state index is 4.58. The molecule has 0 unspecified atom stereocenters. The molecule has 1 aliphatic carbocycles. The van der Waals surface area contributed by atoms with Gasteiger partial charge in [-0.25, -0.2) is 15.0 Å². The molecule has 5 heteroatoms. The Morgan fingerprint density at radius 1 is 1.31 bits per heavy atom. The van der Waals surface area contributed by atoms with E-state index in [2.05, 4.69) is 42.1 Å². The van der Waals surface area contributed by atoms with Crippen molar-refractivity contribution in [3.05, 3.63) is 27.1 Å². The van der Waals surface area contributed by atoms with E-state index in [1.807, 2.05) is 20.2 Å². The molecule has 0 aromatic carbocycles. The molecule has 82 valence electrons. The lowest BCUT2D eigenvalue weighted by molar-refractivity contribution is 0.843. The van der Waals surface area contributed by atoms with Crippen LogP contribution in [0.25, 0.3) is 11.4 Å². The van der Waals surface area contributed by atoms with Crippen LogP contribution in [0, 0.1) is 10.8 Å². The zero-order valence-electron chi connectivity index (χ0n) is 9.16. The largest absolute Gasteiger partial charge is 0.330 e. The van der Waals surface area contributed by atoms with Crippen LogP contribution in [0.1, 0.15) is 17.1 Å². The fourth-order valence-corrected chi connectivity index (χ4v) is 2.56. The molecule has 0 saturated heterocycles. The molecule has 0 bridgehead atoms. The molecule has 0 saturated carbocycles. The summed E-state index contributed by atoms with van der Waals surface area (Å²) in [5.74, 6) is 1.05. The normalized spacial score (nSPS) is 13.4. The van der Waals surface area contributed by atoms with Crippen LogP contribution in [0.5, 0.6) is 0 Å². The molecule has 3 rings (SSSR count). The summed E-state index contributed by atoms with van der Waals surface area (Å²) >= 11 is 2.15. The Bertz CT molecular complexity index is 574. The number of rotatable bonds is 0. The van der Waals surface area contributed by atoms with Gasteiger partial charge in [0.15, 0.2) is 3.83 Å². The van der Waals surface area contributed by atoms with E-state index in [0.717, 1.165) is 28.2 Å². The van der Waals surface area contributed by atoms with Gasteiger partial charge in [-0.3, -0.25) is 0 Å². The van der Waals surface area contributed by atoms with E-state index in [1.54, 1.807) is 0 Å². The molecular weight excluding hydrogens is 315 g/mol. The first-order valence-corrected chi connectivity index (χ1v) is 6.28. The Balaban J connectivity index is 2.32. The number of nitrogens with zero attached hydrogens (tertiary/aromatic N) is 4. The molecule has 2 heterocycles. The quantitative estimate of drug-likeness (QED) is 0.549. The SMILES string of the molecule is Cc1nc2c(n1C)-c1nc(I)ncc1CC2. The Morgan fingerprint density at radius 3 is 2.94 bits per heavy atom. The minimum Gasteiger partial charge on any atom is -0.330 e. The second-order valence-electron chi connectivity index (χ2n) is 4.03. The third-order valence-electron chi connectivity index (χ3n) is 3.08. The lowest BCUT2D eigenvalue weighted by Crippen LogP contribution is -2.09. The smallest absolute Gasteiger partial charge is 0.191 e. The van der Waals surface area contributed by atoms with Crippen LogP contribution < -0.4 is 0 Å².